The molecule has 3 nitrogen and oxygen atoms in total. The molecule has 0 aromatic heterocycles. The van der Waals surface area contributed by atoms with E-state index >= 15 is 0 Å². The summed E-state index contributed by atoms with van der Waals surface area (Å²) in [7, 11) is 0. The van der Waals surface area contributed by atoms with E-state index in [1.165, 1.54) is 0 Å². The maximum absolute atomic E-state index is 13.0. The second-order valence-corrected chi connectivity index (χ2v) is 6.43. The third-order valence-corrected chi connectivity index (χ3v) is 4.75. The molecule has 2 aromatic carbocycles. The van der Waals surface area contributed by atoms with Gasteiger partial charge >= 0.3 is 0 Å². The van der Waals surface area contributed by atoms with E-state index in [4.69, 9.17) is 9.47 Å². The molecule has 0 bridgehead atoms. The smallest absolute Gasteiger partial charge is 0.194 e. The largest absolute Gasteiger partial charge is 0.491 e. The molecular formula is C22H16O3. The lowest BCUT2D eigenvalue weighted by molar-refractivity contribution is -0.110. The Bertz CT molecular complexity index is 957. The predicted octanol–water partition coefficient (Wildman–Crippen LogP) is 3.91. The highest BCUT2D eigenvalue weighted by Gasteiger charge is 2.29. The molecule has 0 amide bonds. The Hall–Kier alpha value is -2.91. The number of rotatable bonds is 4. The molecule has 1 aliphatic heterocycles. The Morgan fingerprint density at radius 3 is 2.52 bits per heavy atom. The minimum atomic E-state index is 0.0775. The molecule has 2 aliphatic carbocycles. The second-order valence-electron chi connectivity index (χ2n) is 6.43. The molecule has 5 rings (SSSR count). The van der Waals surface area contributed by atoms with Crippen molar-refractivity contribution in [1.29, 1.82) is 0 Å². The van der Waals surface area contributed by atoms with Crippen LogP contribution in [-0.4, -0.2) is 25.1 Å². The van der Waals surface area contributed by atoms with Crippen molar-refractivity contribution in [3.05, 3.63) is 82.9 Å². The Kier molecular flexibility index (Phi) is 3.22. The van der Waals surface area contributed by atoms with Crippen molar-refractivity contribution < 1.29 is 14.3 Å². The molecule has 0 radical (unpaired) electrons. The van der Waals surface area contributed by atoms with Gasteiger partial charge in [0, 0.05) is 11.1 Å². The number of benzene rings is 2. The molecule has 0 N–H and O–H groups in total. The van der Waals surface area contributed by atoms with Crippen LogP contribution in [0.3, 0.4) is 0 Å². The van der Waals surface area contributed by atoms with Crippen LogP contribution >= 0.6 is 0 Å². The van der Waals surface area contributed by atoms with Gasteiger partial charge in [-0.2, -0.15) is 0 Å². The Balaban J connectivity index is 1.43. The predicted molar refractivity (Wildman–Crippen MR) is 97.1 cm³/mol. The van der Waals surface area contributed by atoms with Gasteiger partial charge in [0.1, 0.15) is 18.5 Å². The van der Waals surface area contributed by atoms with Crippen molar-refractivity contribution in [3.8, 4) is 5.75 Å². The van der Waals surface area contributed by atoms with E-state index in [0.29, 0.717) is 6.61 Å². The van der Waals surface area contributed by atoms with Gasteiger partial charge in [-0.05, 0) is 46.5 Å². The molecule has 0 saturated carbocycles. The van der Waals surface area contributed by atoms with Gasteiger partial charge in [0.25, 0.3) is 0 Å². The van der Waals surface area contributed by atoms with E-state index in [1.807, 2.05) is 60.7 Å². The van der Waals surface area contributed by atoms with Gasteiger partial charge < -0.3 is 9.47 Å². The number of ether oxygens (including phenoxy) is 2. The standard InChI is InChI=1S/C22H16O3/c23-22-19(14-5-7-16(8-6-14)24-12-17-13-25-17)9-10-20-18-4-2-1-3-15(18)11-21(20)22/h1-11,17H,12-13H2. The molecule has 1 unspecified atom stereocenters. The monoisotopic (exact) mass is 328 g/mol. The topological polar surface area (TPSA) is 38.8 Å². The zero-order chi connectivity index (χ0) is 16.8. The summed E-state index contributed by atoms with van der Waals surface area (Å²) in [4.78, 5) is 13.0. The first-order valence-electron chi connectivity index (χ1n) is 8.42. The van der Waals surface area contributed by atoms with Crippen LogP contribution in [0.1, 0.15) is 16.7 Å². The van der Waals surface area contributed by atoms with Gasteiger partial charge in [0.15, 0.2) is 5.78 Å². The van der Waals surface area contributed by atoms with Gasteiger partial charge in [-0.3, -0.25) is 4.79 Å². The maximum Gasteiger partial charge on any atom is 0.194 e. The second kappa shape index (κ2) is 5.57. The van der Waals surface area contributed by atoms with E-state index in [2.05, 4.69) is 6.07 Å². The third kappa shape index (κ3) is 2.53. The third-order valence-electron chi connectivity index (χ3n) is 4.75. The summed E-state index contributed by atoms with van der Waals surface area (Å²) in [5, 5.41) is 0. The Morgan fingerprint density at radius 2 is 1.72 bits per heavy atom. The lowest BCUT2D eigenvalue weighted by Gasteiger charge is -2.15. The van der Waals surface area contributed by atoms with Gasteiger partial charge in [-0.15, -0.1) is 0 Å². The van der Waals surface area contributed by atoms with Crippen molar-refractivity contribution in [1.82, 2.24) is 0 Å². The van der Waals surface area contributed by atoms with Crippen molar-refractivity contribution in [2.45, 2.75) is 6.10 Å². The molecular weight excluding hydrogens is 312 g/mol. The maximum atomic E-state index is 13.0. The fourth-order valence-electron chi connectivity index (χ4n) is 3.31. The fourth-order valence-corrected chi connectivity index (χ4v) is 3.31. The van der Waals surface area contributed by atoms with E-state index in [0.717, 1.165) is 45.8 Å². The molecule has 25 heavy (non-hydrogen) atoms. The zero-order valence-electron chi connectivity index (χ0n) is 13.6. The lowest BCUT2D eigenvalue weighted by Crippen LogP contribution is -2.09. The van der Waals surface area contributed by atoms with E-state index in [9.17, 15) is 4.79 Å². The molecule has 1 fully saturated rings. The quantitative estimate of drug-likeness (QED) is 0.799. The summed E-state index contributed by atoms with van der Waals surface area (Å²) in [6, 6.07) is 15.8. The van der Waals surface area contributed by atoms with Gasteiger partial charge in [-0.25, -0.2) is 0 Å². The van der Waals surface area contributed by atoms with Gasteiger partial charge in [-0.1, -0.05) is 42.5 Å². The first-order chi connectivity index (χ1) is 12.3. The normalized spacial score (nSPS) is 20.2. The summed E-state index contributed by atoms with van der Waals surface area (Å²) in [6.45, 7) is 1.36. The van der Waals surface area contributed by atoms with Gasteiger partial charge in [0.05, 0.1) is 6.61 Å². The Morgan fingerprint density at radius 1 is 0.960 bits per heavy atom. The van der Waals surface area contributed by atoms with E-state index in [-0.39, 0.29) is 11.9 Å². The number of carbonyl (C=O) groups excluding carboxylic acids is 1. The minimum absolute atomic E-state index is 0.0775. The Labute approximate surface area is 145 Å². The van der Waals surface area contributed by atoms with Crippen LogP contribution in [0.4, 0.5) is 0 Å². The van der Waals surface area contributed by atoms with Crippen molar-refractivity contribution in [3.63, 3.8) is 0 Å². The molecule has 2 aromatic rings. The van der Waals surface area contributed by atoms with Gasteiger partial charge in [0.2, 0.25) is 0 Å². The summed E-state index contributed by atoms with van der Waals surface area (Å²) in [5.74, 6) is 0.876. The molecule has 1 saturated heterocycles. The summed E-state index contributed by atoms with van der Waals surface area (Å²) < 4.78 is 10.8. The first-order valence-corrected chi connectivity index (χ1v) is 8.42. The SMILES string of the molecule is O=C1C2=Cc3ccccc3C2=CC=C1c1ccc(OCC2CO2)cc1. The van der Waals surface area contributed by atoms with Crippen LogP contribution in [0.5, 0.6) is 5.75 Å². The fraction of sp³-hybridized carbons (Fsp3) is 0.136. The summed E-state index contributed by atoms with van der Waals surface area (Å²) >= 11 is 0. The highest BCUT2D eigenvalue weighted by molar-refractivity contribution is 6.38. The number of hydrogen-bond acceptors (Lipinski definition) is 3. The van der Waals surface area contributed by atoms with Crippen LogP contribution in [-0.2, 0) is 9.53 Å². The average Bonchev–Trinajstić information content (AvgIpc) is 3.40. The van der Waals surface area contributed by atoms with Crippen molar-refractivity contribution >= 4 is 23.0 Å². The number of ketones is 1. The molecule has 1 heterocycles. The minimum Gasteiger partial charge on any atom is -0.491 e. The van der Waals surface area contributed by atoms with Crippen LogP contribution in [0, 0.1) is 0 Å². The number of epoxide rings is 1. The van der Waals surface area contributed by atoms with Crippen LogP contribution in [0.2, 0.25) is 0 Å². The number of hydrogen-bond donors (Lipinski definition) is 0. The number of Topliss-reactive ketones (excluding diaryl/α,β-unsaturated/α-hetero) is 1. The summed E-state index contributed by atoms with van der Waals surface area (Å²) in [6.07, 6.45) is 6.19. The average molecular weight is 328 g/mol. The number of allylic oxidation sites excluding steroid dienone is 5. The van der Waals surface area contributed by atoms with Crippen molar-refractivity contribution in [2.75, 3.05) is 13.2 Å². The lowest BCUT2D eigenvalue weighted by atomic mass is 9.88. The number of carbonyl (C=O) groups is 1. The summed E-state index contributed by atoms with van der Waals surface area (Å²) in [5.41, 5.74) is 5.68. The molecule has 3 aliphatic rings. The highest BCUT2D eigenvalue weighted by atomic mass is 16.6. The van der Waals surface area contributed by atoms with Crippen LogP contribution < -0.4 is 4.74 Å². The molecule has 0 spiro atoms. The molecule has 122 valence electrons. The van der Waals surface area contributed by atoms with E-state index in [1.54, 1.807) is 0 Å². The molecule has 3 heteroatoms. The first kappa shape index (κ1) is 14.4. The molecule has 1 atom stereocenters. The van der Waals surface area contributed by atoms with E-state index < -0.39 is 0 Å². The highest BCUT2D eigenvalue weighted by Crippen LogP contribution is 2.41. The zero-order valence-corrected chi connectivity index (χ0v) is 13.6. The number of fused-ring (bicyclic) bond motifs is 3. The van der Waals surface area contributed by atoms with Crippen molar-refractivity contribution in [2.24, 2.45) is 0 Å². The van der Waals surface area contributed by atoms with Crippen LogP contribution in [0.15, 0.2) is 66.3 Å². The van der Waals surface area contributed by atoms with Crippen LogP contribution in [0.25, 0.3) is 17.2 Å².